The van der Waals surface area contributed by atoms with E-state index in [-0.39, 0.29) is 10.8 Å². The highest BCUT2D eigenvalue weighted by molar-refractivity contribution is 7.90. The first-order valence-corrected chi connectivity index (χ1v) is 10.6. The lowest BCUT2D eigenvalue weighted by Crippen LogP contribution is -2.41. The standard InChI is InChI=1S/C19H24N2O6S/c1-19(2,3)27-16(22)12-26-18(23)13-8-10-21(11-9-13)17-14-6-4-5-7-15(14)28(24,25)20-17/h4-7,13H,8-12H2,1-3H3. The molecule has 0 unspecified atom stereocenters. The van der Waals surface area contributed by atoms with Gasteiger partial charge in [-0.3, -0.25) is 4.79 Å². The van der Waals surface area contributed by atoms with Crippen LogP contribution in [0.15, 0.2) is 33.6 Å². The molecule has 1 saturated heterocycles. The Hall–Kier alpha value is -2.42. The molecule has 8 nitrogen and oxygen atoms in total. The Bertz CT molecular complexity index is 909. The summed E-state index contributed by atoms with van der Waals surface area (Å²) in [6, 6.07) is 6.72. The van der Waals surface area contributed by atoms with E-state index in [0.717, 1.165) is 0 Å². The third kappa shape index (κ3) is 4.52. The van der Waals surface area contributed by atoms with Crippen molar-refractivity contribution in [2.45, 2.75) is 44.1 Å². The zero-order valence-corrected chi connectivity index (χ0v) is 17.0. The summed E-state index contributed by atoms with van der Waals surface area (Å²) in [4.78, 5) is 26.0. The number of ether oxygens (including phenoxy) is 2. The minimum Gasteiger partial charge on any atom is -0.457 e. The number of likely N-dealkylation sites (tertiary alicyclic amines) is 1. The predicted octanol–water partition coefficient (Wildman–Crippen LogP) is 1.73. The molecule has 0 bridgehead atoms. The number of carbonyl (C=O) groups is 2. The summed E-state index contributed by atoms with van der Waals surface area (Å²) in [5.41, 5.74) is -0.0403. The van der Waals surface area contributed by atoms with E-state index in [2.05, 4.69) is 4.40 Å². The van der Waals surface area contributed by atoms with Gasteiger partial charge in [0.25, 0.3) is 10.0 Å². The fraction of sp³-hybridized carbons (Fsp3) is 0.526. The number of benzene rings is 1. The molecule has 2 aliphatic heterocycles. The van der Waals surface area contributed by atoms with Crippen molar-refractivity contribution < 1.29 is 27.5 Å². The minimum absolute atomic E-state index is 0.212. The Labute approximate surface area is 164 Å². The van der Waals surface area contributed by atoms with Crippen molar-refractivity contribution in [1.82, 2.24) is 4.90 Å². The maximum atomic E-state index is 12.2. The zero-order valence-electron chi connectivity index (χ0n) is 16.2. The molecule has 2 heterocycles. The van der Waals surface area contributed by atoms with Gasteiger partial charge in [-0.15, -0.1) is 4.40 Å². The molecule has 3 rings (SSSR count). The molecule has 0 saturated carbocycles. The van der Waals surface area contributed by atoms with Crippen LogP contribution in [0, 0.1) is 5.92 Å². The summed E-state index contributed by atoms with van der Waals surface area (Å²) in [5.74, 6) is -0.934. The van der Waals surface area contributed by atoms with E-state index >= 15 is 0 Å². The zero-order chi connectivity index (χ0) is 20.5. The van der Waals surface area contributed by atoms with Crippen LogP contribution in [0.25, 0.3) is 0 Å². The van der Waals surface area contributed by atoms with Crippen molar-refractivity contribution in [2.24, 2.45) is 10.3 Å². The number of esters is 2. The first-order chi connectivity index (χ1) is 13.1. The highest BCUT2D eigenvalue weighted by Crippen LogP contribution is 2.29. The van der Waals surface area contributed by atoms with E-state index in [9.17, 15) is 18.0 Å². The molecule has 0 aromatic heterocycles. The molecule has 152 valence electrons. The topological polar surface area (TPSA) is 102 Å². The second-order valence-electron chi connectivity index (χ2n) is 7.84. The van der Waals surface area contributed by atoms with Gasteiger partial charge in [0.1, 0.15) is 10.5 Å². The molecular weight excluding hydrogens is 384 g/mol. The Morgan fingerprint density at radius 3 is 2.46 bits per heavy atom. The van der Waals surface area contributed by atoms with Crippen molar-refractivity contribution >= 4 is 27.8 Å². The molecule has 9 heteroatoms. The van der Waals surface area contributed by atoms with Crippen LogP contribution >= 0.6 is 0 Å². The van der Waals surface area contributed by atoms with E-state index in [1.54, 1.807) is 45.0 Å². The summed E-state index contributed by atoms with van der Waals surface area (Å²) in [5, 5.41) is 0. The van der Waals surface area contributed by atoms with Gasteiger partial charge in [-0.25, -0.2) is 4.79 Å². The number of fused-ring (bicyclic) bond motifs is 1. The lowest BCUT2D eigenvalue weighted by molar-refractivity contribution is -0.168. The van der Waals surface area contributed by atoms with Crippen molar-refractivity contribution in [3.8, 4) is 0 Å². The molecule has 0 aliphatic carbocycles. The first-order valence-electron chi connectivity index (χ1n) is 9.15. The van der Waals surface area contributed by atoms with Gasteiger partial charge < -0.3 is 14.4 Å². The normalized spacial score (nSPS) is 19.0. The molecule has 1 aromatic rings. The van der Waals surface area contributed by atoms with Crippen molar-refractivity contribution in [1.29, 1.82) is 0 Å². The highest BCUT2D eigenvalue weighted by atomic mass is 32.2. The Morgan fingerprint density at radius 2 is 1.82 bits per heavy atom. The molecule has 1 fully saturated rings. The maximum absolute atomic E-state index is 12.2. The van der Waals surface area contributed by atoms with Gasteiger partial charge in [0.15, 0.2) is 12.4 Å². The first kappa shape index (κ1) is 20.3. The molecule has 0 N–H and O–H groups in total. The molecule has 0 amide bonds. The average molecular weight is 408 g/mol. The van der Waals surface area contributed by atoms with Gasteiger partial charge in [-0.1, -0.05) is 12.1 Å². The van der Waals surface area contributed by atoms with Crippen LogP contribution in [-0.2, 0) is 29.1 Å². The summed E-state index contributed by atoms with van der Waals surface area (Å²) < 4.78 is 38.5. The fourth-order valence-electron chi connectivity index (χ4n) is 3.26. The monoisotopic (exact) mass is 408 g/mol. The van der Waals surface area contributed by atoms with Crippen molar-refractivity contribution in [3.05, 3.63) is 29.8 Å². The van der Waals surface area contributed by atoms with Crippen LogP contribution in [0.5, 0.6) is 0 Å². The highest BCUT2D eigenvalue weighted by Gasteiger charge is 2.35. The average Bonchev–Trinajstić information content (AvgIpc) is 2.90. The van der Waals surface area contributed by atoms with E-state index in [1.807, 2.05) is 4.90 Å². The second-order valence-corrected chi connectivity index (χ2v) is 9.41. The number of hydrogen-bond acceptors (Lipinski definition) is 7. The van der Waals surface area contributed by atoms with Gasteiger partial charge in [-0.2, -0.15) is 8.42 Å². The number of piperidine rings is 1. The molecule has 2 aliphatic rings. The molecule has 1 aromatic carbocycles. The quantitative estimate of drug-likeness (QED) is 0.702. The van der Waals surface area contributed by atoms with E-state index in [4.69, 9.17) is 9.47 Å². The largest absolute Gasteiger partial charge is 0.457 e. The van der Waals surface area contributed by atoms with Gasteiger partial charge in [-0.05, 0) is 45.7 Å². The summed E-state index contributed by atoms with van der Waals surface area (Å²) >= 11 is 0. The molecular formula is C19H24N2O6S. The van der Waals surface area contributed by atoms with Crippen molar-refractivity contribution in [3.63, 3.8) is 0 Å². The van der Waals surface area contributed by atoms with E-state index < -0.39 is 34.2 Å². The van der Waals surface area contributed by atoms with E-state index in [1.165, 1.54) is 0 Å². The lowest BCUT2D eigenvalue weighted by Gasteiger charge is -2.32. The Morgan fingerprint density at radius 1 is 1.18 bits per heavy atom. The van der Waals surface area contributed by atoms with Crippen LogP contribution < -0.4 is 0 Å². The Balaban J connectivity index is 1.55. The van der Waals surface area contributed by atoms with Crippen LogP contribution in [-0.4, -0.2) is 56.4 Å². The Kier molecular flexibility index (Phi) is 5.47. The van der Waals surface area contributed by atoms with Crippen LogP contribution in [0.1, 0.15) is 39.2 Å². The maximum Gasteiger partial charge on any atom is 0.344 e. The molecule has 0 spiro atoms. The van der Waals surface area contributed by atoms with Gasteiger partial charge >= 0.3 is 11.9 Å². The molecule has 0 atom stereocenters. The third-order valence-corrected chi connectivity index (χ3v) is 5.82. The summed E-state index contributed by atoms with van der Waals surface area (Å²) in [6.45, 7) is 5.78. The van der Waals surface area contributed by atoms with Gasteiger partial charge in [0, 0.05) is 18.7 Å². The number of amidine groups is 1. The van der Waals surface area contributed by atoms with Gasteiger partial charge in [0.2, 0.25) is 0 Å². The fourth-order valence-corrected chi connectivity index (χ4v) is 4.49. The number of carbonyl (C=O) groups excluding carboxylic acids is 2. The van der Waals surface area contributed by atoms with Crippen LogP contribution in [0.3, 0.4) is 0 Å². The third-order valence-electron chi connectivity index (χ3n) is 4.49. The lowest BCUT2D eigenvalue weighted by atomic mass is 9.96. The number of sulfonamides is 1. The molecule has 0 radical (unpaired) electrons. The predicted molar refractivity (Wildman–Crippen MR) is 101 cm³/mol. The van der Waals surface area contributed by atoms with Gasteiger partial charge in [0.05, 0.1) is 5.92 Å². The smallest absolute Gasteiger partial charge is 0.344 e. The van der Waals surface area contributed by atoms with E-state index in [0.29, 0.717) is 37.3 Å². The van der Waals surface area contributed by atoms with Crippen LogP contribution in [0.4, 0.5) is 0 Å². The second kappa shape index (κ2) is 7.54. The molecule has 28 heavy (non-hydrogen) atoms. The van der Waals surface area contributed by atoms with Crippen LogP contribution in [0.2, 0.25) is 0 Å². The number of hydrogen-bond donors (Lipinski definition) is 0. The summed E-state index contributed by atoms with van der Waals surface area (Å²) in [7, 11) is -3.66. The minimum atomic E-state index is -3.66. The van der Waals surface area contributed by atoms with Crippen molar-refractivity contribution in [2.75, 3.05) is 19.7 Å². The SMILES string of the molecule is CC(C)(C)OC(=O)COC(=O)C1CCN(C2=NS(=O)(=O)c3ccccc32)CC1. The number of rotatable bonds is 3. The number of nitrogens with zero attached hydrogens (tertiary/aromatic N) is 2. The summed E-state index contributed by atoms with van der Waals surface area (Å²) in [6.07, 6.45) is 0.989.